The minimum atomic E-state index is -0.0712. The summed E-state index contributed by atoms with van der Waals surface area (Å²) in [6, 6.07) is 5.83. The summed E-state index contributed by atoms with van der Waals surface area (Å²) in [5.74, 6) is 0.347. The van der Waals surface area contributed by atoms with Crippen molar-refractivity contribution in [3.8, 4) is 5.75 Å². The fourth-order valence-corrected chi connectivity index (χ4v) is 3.42. The molecule has 0 bridgehead atoms. The van der Waals surface area contributed by atoms with Gasteiger partial charge >= 0.3 is 6.03 Å². The zero-order valence-corrected chi connectivity index (χ0v) is 11.7. The maximum atomic E-state index is 12.1. The summed E-state index contributed by atoms with van der Waals surface area (Å²) < 4.78 is 0. The summed E-state index contributed by atoms with van der Waals surface area (Å²) in [6.45, 7) is 0. The van der Waals surface area contributed by atoms with E-state index in [-0.39, 0.29) is 12.1 Å². The van der Waals surface area contributed by atoms with Crippen molar-refractivity contribution in [3.05, 3.63) is 29.3 Å². The Morgan fingerprint density at radius 2 is 1.90 bits per heavy atom. The quantitative estimate of drug-likeness (QED) is 0.776. The number of benzene rings is 1. The molecule has 1 saturated carbocycles. The van der Waals surface area contributed by atoms with E-state index in [9.17, 15) is 9.90 Å². The summed E-state index contributed by atoms with van der Waals surface area (Å²) in [4.78, 5) is 12.1. The molecule has 0 aromatic heterocycles. The number of fused-ring (bicyclic) bond motifs is 1. The molecule has 0 heterocycles. The lowest BCUT2D eigenvalue weighted by Crippen LogP contribution is -2.43. The van der Waals surface area contributed by atoms with Gasteiger partial charge in [0.05, 0.1) is 6.04 Å². The van der Waals surface area contributed by atoms with Gasteiger partial charge in [0.1, 0.15) is 5.75 Å². The van der Waals surface area contributed by atoms with Gasteiger partial charge in [0.25, 0.3) is 0 Å². The fraction of sp³-hybridized carbons (Fsp3) is 0.562. The number of aromatic hydroxyl groups is 1. The van der Waals surface area contributed by atoms with Crippen LogP contribution in [-0.2, 0) is 6.42 Å². The van der Waals surface area contributed by atoms with E-state index >= 15 is 0 Å². The van der Waals surface area contributed by atoms with E-state index in [1.165, 1.54) is 19.3 Å². The second-order valence-corrected chi connectivity index (χ2v) is 5.89. The van der Waals surface area contributed by atoms with Crippen molar-refractivity contribution in [1.29, 1.82) is 0 Å². The Balaban J connectivity index is 1.59. The van der Waals surface area contributed by atoms with Crippen molar-refractivity contribution in [1.82, 2.24) is 10.6 Å². The number of phenols is 1. The van der Waals surface area contributed by atoms with E-state index in [0.717, 1.165) is 36.8 Å². The Labute approximate surface area is 119 Å². The molecule has 2 amide bonds. The largest absolute Gasteiger partial charge is 0.508 e. The average Bonchev–Trinajstić information content (AvgIpc) is 2.84. The first-order valence-electron chi connectivity index (χ1n) is 7.62. The number of carbonyl (C=O) groups excluding carboxylic acids is 1. The van der Waals surface area contributed by atoms with Crippen LogP contribution in [0.25, 0.3) is 0 Å². The Morgan fingerprint density at radius 1 is 1.10 bits per heavy atom. The van der Waals surface area contributed by atoms with Crippen molar-refractivity contribution in [3.63, 3.8) is 0 Å². The number of amides is 2. The number of carbonyl (C=O) groups is 1. The van der Waals surface area contributed by atoms with Crippen molar-refractivity contribution < 1.29 is 9.90 Å². The smallest absolute Gasteiger partial charge is 0.315 e. The topological polar surface area (TPSA) is 61.4 Å². The molecule has 2 aliphatic carbocycles. The van der Waals surface area contributed by atoms with Crippen LogP contribution in [0.2, 0.25) is 0 Å². The second-order valence-electron chi connectivity index (χ2n) is 5.89. The van der Waals surface area contributed by atoms with Gasteiger partial charge in [0.2, 0.25) is 0 Å². The molecular formula is C16H22N2O2. The number of nitrogens with one attached hydrogen (secondary N) is 2. The summed E-state index contributed by atoms with van der Waals surface area (Å²) in [6.07, 6.45) is 7.59. The third-order valence-electron chi connectivity index (χ3n) is 4.49. The Bertz CT molecular complexity index is 495. The van der Waals surface area contributed by atoms with E-state index in [2.05, 4.69) is 10.6 Å². The van der Waals surface area contributed by atoms with Crippen LogP contribution in [-0.4, -0.2) is 17.2 Å². The number of hydrogen-bond acceptors (Lipinski definition) is 2. The van der Waals surface area contributed by atoms with Crippen LogP contribution in [0.4, 0.5) is 4.79 Å². The SMILES string of the molecule is O=C(NC1CCCCC1)N[C@@H]1CCc2c(O)cccc21. The number of hydrogen-bond donors (Lipinski definition) is 3. The lowest BCUT2D eigenvalue weighted by Gasteiger charge is -2.24. The van der Waals surface area contributed by atoms with Gasteiger partial charge < -0.3 is 15.7 Å². The van der Waals surface area contributed by atoms with Crippen molar-refractivity contribution in [2.75, 3.05) is 0 Å². The molecule has 0 saturated heterocycles. The average molecular weight is 274 g/mol. The highest BCUT2D eigenvalue weighted by molar-refractivity contribution is 5.75. The minimum Gasteiger partial charge on any atom is -0.508 e. The van der Waals surface area contributed by atoms with Gasteiger partial charge in [-0.3, -0.25) is 0 Å². The third kappa shape index (κ3) is 2.74. The van der Waals surface area contributed by atoms with Crippen molar-refractivity contribution in [2.24, 2.45) is 0 Å². The van der Waals surface area contributed by atoms with E-state index in [1.807, 2.05) is 12.1 Å². The van der Waals surface area contributed by atoms with Crippen molar-refractivity contribution >= 4 is 6.03 Å². The van der Waals surface area contributed by atoms with Crippen LogP contribution >= 0.6 is 0 Å². The molecule has 0 unspecified atom stereocenters. The molecule has 4 heteroatoms. The molecule has 4 nitrogen and oxygen atoms in total. The first-order valence-corrected chi connectivity index (χ1v) is 7.62. The van der Waals surface area contributed by atoms with Crippen LogP contribution < -0.4 is 10.6 Å². The maximum absolute atomic E-state index is 12.1. The van der Waals surface area contributed by atoms with E-state index in [4.69, 9.17) is 0 Å². The van der Waals surface area contributed by atoms with Crippen molar-refractivity contribution in [2.45, 2.75) is 57.0 Å². The Morgan fingerprint density at radius 3 is 2.70 bits per heavy atom. The summed E-state index contributed by atoms with van der Waals surface area (Å²) >= 11 is 0. The highest BCUT2D eigenvalue weighted by atomic mass is 16.3. The highest BCUT2D eigenvalue weighted by Crippen LogP contribution is 2.36. The van der Waals surface area contributed by atoms with E-state index in [1.54, 1.807) is 6.07 Å². The second kappa shape index (κ2) is 5.73. The monoisotopic (exact) mass is 274 g/mol. The third-order valence-corrected chi connectivity index (χ3v) is 4.49. The lowest BCUT2D eigenvalue weighted by atomic mass is 9.96. The molecule has 1 aromatic carbocycles. The van der Waals surface area contributed by atoms with Gasteiger partial charge in [-0.25, -0.2) is 4.79 Å². The number of urea groups is 1. The van der Waals surface area contributed by atoms with Crippen LogP contribution in [0.1, 0.15) is 55.7 Å². The molecule has 0 radical (unpaired) electrons. The standard InChI is InChI=1S/C16H22N2O2/c19-15-8-4-7-12-13(15)9-10-14(12)18-16(20)17-11-5-2-1-3-6-11/h4,7-8,11,14,19H,1-3,5-6,9-10H2,(H2,17,18,20)/t14-/m1/s1. The molecule has 0 spiro atoms. The Hall–Kier alpha value is -1.71. The molecule has 3 rings (SSSR count). The normalized spacial score (nSPS) is 22.3. The molecule has 20 heavy (non-hydrogen) atoms. The highest BCUT2D eigenvalue weighted by Gasteiger charge is 2.26. The zero-order chi connectivity index (χ0) is 13.9. The van der Waals surface area contributed by atoms with Gasteiger partial charge in [-0.05, 0) is 42.9 Å². The van der Waals surface area contributed by atoms with Crippen LogP contribution in [0, 0.1) is 0 Å². The van der Waals surface area contributed by atoms with Gasteiger partial charge in [-0.2, -0.15) is 0 Å². The Kier molecular flexibility index (Phi) is 3.81. The molecule has 108 valence electrons. The zero-order valence-electron chi connectivity index (χ0n) is 11.7. The van der Waals surface area contributed by atoms with Gasteiger partial charge in [0, 0.05) is 6.04 Å². The lowest BCUT2D eigenvalue weighted by molar-refractivity contribution is 0.229. The fourth-order valence-electron chi connectivity index (χ4n) is 3.42. The maximum Gasteiger partial charge on any atom is 0.315 e. The summed E-state index contributed by atoms with van der Waals surface area (Å²) in [5.41, 5.74) is 2.04. The van der Waals surface area contributed by atoms with Gasteiger partial charge in [-0.1, -0.05) is 31.4 Å². The van der Waals surface area contributed by atoms with Crippen LogP contribution in [0.5, 0.6) is 5.75 Å². The van der Waals surface area contributed by atoms with Crippen LogP contribution in [0.15, 0.2) is 18.2 Å². The molecule has 1 aromatic rings. The molecule has 1 fully saturated rings. The molecule has 0 aliphatic heterocycles. The first-order chi connectivity index (χ1) is 9.74. The first kappa shape index (κ1) is 13.3. The minimum absolute atomic E-state index is 0.0284. The molecular weight excluding hydrogens is 252 g/mol. The molecule has 1 atom stereocenters. The molecule has 2 aliphatic rings. The van der Waals surface area contributed by atoms with E-state index in [0.29, 0.717) is 11.8 Å². The molecule has 3 N–H and O–H groups in total. The predicted octanol–water partition coefficient (Wildman–Crippen LogP) is 3.01. The van der Waals surface area contributed by atoms with Gasteiger partial charge in [-0.15, -0.1) is 0 Å². The summed E-state index contributed by atoms with van der Waals surface area (Å²) in [5, 5.41) is 15.9. The van der Waals surface area contributed by atoms with Crippen LogP contribution in [0.3, 0.4) is 0 Å². The van der Waals surface area contributed by atoms with E-state index < -0.39 is 0 Å². The number of phenolic OH excluding ortho intramolecular Hbond substituents is 1. The van der Waals surface area contributed by atoms with Gasteiger partial charge in [0.15, 0.2) is 0 Å². The number of rotatable bonds is 2. The predicted molar refractivity (Wildman–Crippen MR) is 77.7 cm³/mol. The summed E-state index contributed by atoms with van der Waals surface area (Å²) in [7, 11) is 0.